The first-order valence-corrected chi connectivity index (χ1v) is 16.8. The first kappa shape index (κ1) is 32.6. The van der Waals surface area contributed by atoms with Crippen LogP contribution in [0.25, 0.3) is 33.4 Å². The molecule has 0 atom stereocenters. The summed E-state index contributed by atoms with van der Waals surface area (Å²) in [5, 5.41) is 6.01. The number of sulfonamides is 1. The molecule has 6 rings (SSSR count). The van der Waals surface area contributed by atoms with Crippen LogP contribution in [-0.4, -0.2) is 70.4 Å². The van der Waals surface area contributed by atoms with Gasteiger partial charge in [-0.05, 0) is 61.0 Å². The summed E-state index contributed by atoms with van der Waals surface area (Å²) in [5.41, 5.74) is 1.19. The zero-order valence-corrected chi connectivity index (χ0v) is 27.4. The summed E-state index contributed by atoms with van der Waals surface area (Å²) in [6.07, 6.45) is 4.25. The third kappa shape index (κ3) is 5.84. The number of rotatable bonds is 10. The highest BCUT2D eigenvalue weighted by molar-refractivity contribution is 7.92. The lowest BCUT2D eigenvalue weighted by atomic mass is 9.94. The summed E-state index contributed by atoms with van der Waals surface area (Å²) < 4.78 is 58.3. The Hall–Kier alpha value is -5.34. The number of benzene rings is 3. The van der Waals surface area contributed by atoms with Gasteiger partial charge in [0.2, 0.25) is 10.0 Å². The monoisotopic (exact) mass is 673 g/mol. The molecule has 1 aliphatic heterocycles. The van der Waals surface area contributed by atoms with E-state index in [-0.39, 0.29) is 53.7 Å². The maximum absolute atomic E-state index is 13.9. The van der Waals surface area contributed by atoms with Crippen molar-refractivity contribution < 1.29 is 36.3 Å². The molecule has 1 saturated heterocycles. The fourth-order valence-electron chi connectivity index (χ4n) is 5.76. The topological polar surface area (TPSA) is 153 Å². The van der Waals surface area contributed by atoms with E-state index in [0.717, 1.165) is 6.26 Å². The molecule has 2 aromatic heterocycles. The lowest BCUT2D eigenvalue weighted by Crippen LogP contribution is -2.60. The largest absolute Gasteiger partial charge is 0.496 e. The van der Waals surface area contributed by atoms with Gasteiger partial charge >= 0.3 is 0 Å². The van der Waals surface area contributed by atoms with Crippen LogP contribution < -0.4 is 19.7 Å². The average molecular weight is 674 g/mol. The Morgan fingerprint density at radius 3 is 2.29 bits per heavy atom. The second kappa shape index (κ2) is 12.7. The molecule has 248 valence electrons. The van der Waals surface area contributed by atoms with Gasteiger partial charge < -0.3 is 24.5 Å². The number of fused-ring (bicyclic) bond motifs is 1. The maximum atomic E-state index is 13.9. The Morgan fingerprint density at radius 1 is 1.02 bits per heavy atom. The molecule has 0 unspecified atom stereocenters. The summed E-state index contributed by atoms with van der Waals surface area (Å²) in [5.74, 6) is -0.562. The predicted molar refractivity (Wildman–Crippen MR) is 177 cm³/mol. The molecule has 0 radical (unpaired) electrons. The van der Waals surface area contributed by atoms with Gasteiger partial charge in [0.05, 0.1) is 43.4 Å². The second-order valence-corrected chi connectivity index (χ2v) is 13.1. The number of hydrogen-bond acceptors (Lipinski definition) is 9. The zero-order chi connectivity index (χ0) is 34.2. The van der Waals surface area contributed by atoms with E-state index < -0.39 is 33.2 Å². The smallest absolute Gasteiger partial charge is 0.256 e. The van der Waals surface area contributed by atoms with E-state index >= 15 is 0 Å². The van der Waals surface area contributed by atoms with Crippen LogP contribution in [0.4, 0.5) is 10.1 Å². The van der Waals surface area contributed by atoms with E-state index in [1.165, 1.54) is 42.7 Å². The van der Waals surface area contributed by atoms with Crippen molar-refractivity contribution in [3.8, 4) is 28.2 Å². The van der Waals surface area contributed by atoms with Crippen molar-refractivity contribution in [3.05, 3.63) is 95.8 Å². The van der Waals surface area contributed by atoms with Gasteiger partial charge in [-0.15, -0.1) is 0 Å². The van der Waals surface area contributed by atoms with E-state index in [1.54, 1.807) is 55.7 Å². The number of furan rings is 1. The van der Waals surface area contributed by atoms with Gasteiger partial charge in [0.1, 0.15) is 28.4 Å². The molecular weight excluding hydrogens is 641 g/mol. The van der Waals surface area contributed by atoms with Crippen LogP contribution >= 0.6 is 0 Å². The Kier molecular flexibility index (Phi) is 8.62. The van der Waals surface area contributed by atoms with E-state index in [4.69, 9.17) is 13.9 Å². The first-order valence-electron chi connectivity index (χ1n) is 14.9. The summed E-state index contributed by atoms with van der Waals surface area (Å²) in [4.78, 5) is 35.8. The van der Waals surface area contributed by atoms with E-state index in [1.807, 2.05) is 0 Å². The molecule has 2 amide bonds. The SMILES string of the molecule is CCN(c1cc2oc(-c3ccc(F)cc3)c(C(=O)NC)c2cc1-c1ccc(OC)c(C(=O)NC2(c3ncccn3)COC2)c1)S(C)(=O)=O. The van der Waals surface area contributed by atoms with Crippen LogP contribution in [0, 0.1) is 5.82 Å². The molecule has 2 N–H and O–H groups in total. The van der Waals surface area contributed by atoms with Gasteiger partial charge in [0.15, 0.2) is 5.82 Å². The molecule has 0 saturated carbocycles. The average Bonchev–Trinajstić information content (AvgIpc) is 3.44. The first-order chi connectivity index (χ1) is 23.0. The Balaban J connectivity index is 1.55. The van der Waals surface area contributed by atoms with Crippen molar-refractivity contribution in [2.24, 2.45) is 0 Å². The zero-order valence-electron chi connectivity index (χ0n) is 26.5. The second-order valence-electron chi connectivity index (χ2n) is 11.2. The van der Waals surface area contributed by atoms with E-state index in [9.17, 15) is 22.4 Å². The lowest BCUT2D eigenvalue weighted by molar-refractivity contribution is -0.0778. The van der Waals surface area contributed by atoms with Crippen LogP contribution in [0.5, 0.6) is 5.75 Å². The third-order valence-electron chi connectivity index (χ3n) is 8.12. The van der Waals surface area contributed by atoms with Crippen molar-refractivity contribution in [1.29, 1.82) is 0 Å². The number of anilines is 1. The summed E-state index contributed by atoms with van der Waals surface area (Å²) in [6, 6.07) is 15.3. The minimum Gasteiger partial charge on any atom is -0.496 e. The highest BCUT2D eigenvalue weighted by atomic mass is 32.2. The van der Waals surface area contributed by atoms with Gasteiger partial charge in [-0.3, -0.25) is 13.9 Å². The molecule has 48 heavy (non-hydrogen) atoms. The number of halogens is 1. The number of carbonyl (C=O) groups excluding carboxylic acids is 2. The molecule has 3 heterocycles. The van der Waals surface area contributed by atoms with Crippen LogP contribution in [0.1, 0.15) is 33.5 Å². The number of ether oxygens (including phenoxy) is 2. The number of aromatic nitrogens is 2. The normalized spacial score (nSPS) is 13.9. The maximum Gasteiger partial charge on any atom is 0.256 e. The van der Waals surface area contributed by atoms with Crippen LogP contribution in [0.2, 0.25) is 0 Å². The quantitative estimate of drug-likeness (QED) is 0.218. The Bertz CT molecular complexity index is 2130. The van der Waals surface area contributed by atoms with E-state index in [0.29, 0.717) is 27.9 Å². The summed E-state index contributed by atoms with van der Waals surface area (Å²) in [7, 11) is -0.888. The van der Waals surface area contributed by atoms with Gasteiger partial charge in [-0.2, -0.15) is 0 Å². The minimum atomic E-state index is -3.80. The third-order valence-corrected chi connectivity index (χ3v) is 9.38. The molecule has 3 aromatic carbocycles. The number of hydrogen-bond donors (Lipinski definition) is 2. The highest BCUT2D eigenvalue weighted by Crippen LogP contribution is 2.42. The highest BCUT2D eigenvalue weighted by Gasteiger charge is 2.45. The van der Waals surface area contributed by atoms with Crippen molar-refractivity contribution >= 4 is 38.5 Å². The fraction of sp³-hybridized carbons (Fsp3) is 0.235. The van der Waals surface area contributed by atoms with Crippen LogP contribution in [-0.2, 0) is 20.3 Å². The number of methoxy groups -OCH3 is 1. The standard InChI is InChI=1S/C34H32FN5O7S/c1-5-40(48(4,43)44)26-17-28-24(29(32(42)36-2)30(47-28)20-7-10-22(35)11-8-20)16-23(26)21-9-12-27(45-3)25(15-21)31(41)39-34(18-46-19-34)33-37-13-6-14-38-33/h6-17H,5,18-19H2,1-4H3,(H,36,42)(H,39,41). The number of nitrogens with zero attached hydrogens (tertiary/aromatic N) is 3. The molecule has 1 fully saturated rings. The molecule has 14 heteroatoms. The van der Waals surface area contributed by atoms with Crippen molar-refractivity contribution in [1.82, 2.24) is 20.6 Å². The Labute approximate surface area is 275 Å². The summed E-state index contributed by atoms with van der Waals surface area (Å²) in [6.45, 7) is 2.11. The molecule has 0 aliphatic carbocycles. The van der Waals surface area contributed by atoms with Crippen molar-refractivity contribution in [3.63, 3.8) is 0 Å². The number of nitrogens with one attached hydrogen (secondary N) is 2. The van der Waals surface area contributed by atoms with Crippen molar-refractivity contribution in [2.75, 3.05) is 44.5 Å². The molecule has 1 aliphatic rings. The molecule has 12 nitrogen and oxygen atoms in total. The number of amides is 2. The summed E-state index contributed by atoms with van der Waals surface area (Å²) >= 11 is 0. The fourth-order valence-corrected chi connectivity index (χ4v) is 6.73. The lowest BCUT2D eigenvalue weighted by Gasteiger charge is -2.40. The minimum absolute atomic E-state index is 0.0776. The van der Waals surface area contributed by atoms with Gasteiger partial charge in [-0.1, -0.05) is 6.07 Å². The van der Waals surface area contributed by atoms with Crippen molar-refractivity contribution in [2.45, 2.75) is 12.5 Å². The predicted octanol–water partition coefficient (Wildman–Crippen LogP) is 4.51. The molecule has 0 spiro atoms. The molecule has 0 bridgehead atoms. The van der Waals surface area contributed by atoms with Gasteiger partial charge in [-0.25, -0.2) is 22.8 Å². The van der Waals surface area contributed by atoms with Gasteiger partial charge in [0.25, 0.3) is 11.8 Å². The van der Waals surface area contributed by atoms with E-state index in [2.05, 4.69) is 20.6 Å². The molecular formula is C34H32FN5O7S. The van der Waals surface area contributed by atoms with Gasteiger partial charge in [0, 0.05) is 48.6 Å². The van der Waals surface area contributed by atoms with Crippen LogP contribution in [0.3, 0.4) is 0 Å². The molecule has 5 aromatic rings. The Morgan fingerprint density at radius 2 is 1.71 bits per heavy atom. The number of carbonyl (C=O) groups is 2. The van der Waals surface area contributed by atoms with Crippen LogP contribution in [0.15, 0.2) is 77.5 Å².